The van der Waals surface area contributed by atoms with E-state index >= 15 is 0 Å². The molecule has 0 saturated heterocycles. The number of nitrogens with zero attached hydrogens (tertiary/aromatic N) is 2. The quantitative estimate of drug-likeness (QED) is 0.747. The zero-order valence-electron chi connectivity index (χ0n) is 13.2. The summed E-state index contributed by atoms with van der Waals surface area (Å²) in [6, 6.07) is 9.90. The lowest BCUT2D eigenvalue weighted by Crippen LogP contribution is -2.11. The fourth-order valence-corrected chi connectivity index (χ4v) is 4.14. The summed E-state index contributed by atoms with van der Waals surface area (Å²) >= 11 is 2.92. The van der Waals surface area contributed by atoms with Gasteiger partial charge in [0.25, 0.3) is 5.91 Å². The molecule has 0 unspecified atom stereocenters. The Bertz CT molecular complexity index is 837. The molecular formula is C17H17N3OS2. The minimum absolute atomic E-state index is 0.140. The summed E-state index contributed by atoms with van der Waals surface area (Å²) in [6.45, 7) is 5.95. The van der Waals surface area contributed by atoms with Crippen LogP contribution in [0.2, 0.25) is 0 Å². The highest BCUT2D eigenvalue weighted by Crippen LogP contribution is 2.29. The number of aromatic nitrogens is 2. The van der Waals surface area contributed by atoms with Crippen molar-refractivity contribution in [3.63, 3.8) is 0 Å². The first-order valence-electron chi connectivity index (χ1n) is 7.39. The topological polar surface area (TPSA) is 54.9 Å². The van der Waals surface area contributed by atoms with Crippen molar-refractivity contribution in [3.8, 4) is 10.6 Å². The first kappa shape index (κ1) is 15.8. The number of aryl methyl sites for hydroxylation is 3. The van der Waals surface area contributed by atoms with E-state index in [0.29, 0.717) is 10.0 Å². The number of rotatable bonds is 4. The minimum atomic E-state index is -0.140. The maximum atomic E-state index is 12.5. The van der Waals surface area contributed by atoms with Crippen LogP contribution in [0.1, 0.15) is 32.9 Å². The zero-order chi connectivity index (χ0) is 16.4. The first-order valence-corrected chi connectivity index (χ1v) is 9.02. The van der Waals surface area contributed by atoms with Crippen molar-refractivity contribution in [1.82, 2.24) is 9.97 Å². The molecule has 2 aromatic heterocycles. The van der Waals surface area contributed by atoms with Gasteiger partial charge in [-0.2, -0.15) is 0 Å². The second kappa shape index (κ2) is 6.60. The normalized spacial score (nSPS) is 10.7. The molecule has 0 fully saturated rings. The summed E-state index contributed by atoms with van der Waals surface area (Å²) in [5.41, 5.74) is 2.81. The number of nitrogens with one attached hydrogen (secondary N) is 1. The Labute approximate surface area is 143 Å². The molecule has 0 atom stereocenters. The Kier molecular flexibility index (Phi) is 4.54. The lowest BCUT2D eigenvalue weighted by molar-refractivity contribution is 0.103. The maximum Gasteiger partial charge on any atom is 0.269 e. The van der Waals surface area contributed by atoms with Crippen LogP contribution < -0.4 is 5.32 Å². The highest BCUT2D eigenvalue weighted by Gasteiger charge is 2.18. The van der Waals surface area contributed by atoms with Crippen LogP contribution in [0.5, 0.6) is 0 Å². The minimum Gasteiger partial charge on any atom is -0.297 e. The third-order valence-corrected chi connectivity index (χ3v) is 5.61. The molecule has 23 heavy (non-hydrogen) atoms. The predicted octanol–water partition coefficient (Wildman–Crippen LogP) is 4.70. The molecule has 2 heterocycles. The predicted molar refractivity (Wildman–Crippen MR) is 96.5 cm³/mol. The van der Waals surface area contributed by atoms with Crippen molar-refractivity contribution in [1.29, 1.82) is 0 Å². The first-order chi connectivity index (χ1) is 11.1. The molecule has 0 aliphatic rings. The number of thiazole rings is 2. The zero-order valence-corrected chi connectivity index (χ0v) is 14.8. The molecule has 0 spiro atoms. The SMILES string of the molecule is CCc1nc(NC(=O)c2sc(-c3ccccc3)nc2C)sc1C. The van der Waals surface area contributed by atoms with Crippen LogP contribution in [-0.4, -0.2) is 15.9 Å². The summed E-state index contributed by atoms with van der Waals surface area (Å²) in [7, 11) is 0. The van der Waals surface area contributed by atoms with E-state index in [1.807, 2.05) is 44.2 Å². The molecule has 0 bridgehead atoms. The van der Waals surface area contributed by atoms with E-state index in [1.54, 1.807) is 0 Å². The van der Waals surface area contributed by atoms with Gasteiger partial charge in [-0.25, -0.2) is 9.97 Å². The van der Waals surface area contributed by atoms with E-state index in [9.17, 15) is 4.79 Å². The summed E-state index contributed by atoms with van der Waals surface area (Å²) in [6.07, 6.45) is 0.871. The third-order valence-electron chi connectivity index (χ3n) is 3.47. The van der Waals surface area contributed by atoms with Gasteiger partial charge in [-0.05, 0) is 20.3 Å². The molecule has 1 N–H and O–H groups in total. The summed E-state index contributed by atoms with van der Waals surface area (Å²) < 4.78 is 0. The van der Waals surface area contributed by atoms with Gasteiger partial charge in [0.1, 0.15) is 9.88 Å². The van der Waals surface area contributed by atoms with Gasteiger partial charge < -0.3 is 0 Å². The van der Waals surface area contributed by atoms with Crippen molar-refractivity contribution < 1.29 is 4.79 Å². The standard InChI is InChI=1S/C17H17N3OS2/c1-4-13-11(3)22-17(19-13)20-15(21)14-10(2)18-16(23-14)12-8-6-5-7-9-12/h5-9H,4H2,1-3H3,(H,19,20,21). The van der Waals surface area contributed by atoms with Gasteiger partial charge in [0.05, 0.1) is 11.4 Å². The van der Waals surface area contributed by atoms with Gasteiger partial charge in [0.2, 0.25) is 0 Å². The number of carbonyl (C=O) groups excluding carboxylic acids is 1. The van der Waals surface area contributed by atoms with Crippen LogP contribution in [-0.2, 0) is 6.42 Å². The second-order valence-corrected chi connectivity index (χ2v) is 7.33. The van der Waals surface area contributed by atoms with Crippen molar-refractivity contribution in [2.75, 3.05) is 5.32 Å². The second-order valence-electron chi connectivity index (χ2n) is 5.13. The fourth-order valence-electron chi connectivity index (χ4n) is 2.27. The molecular weight excluding hydrogens is 326 g/mol. The van der Waals surface area contributed by atoms with Crippen LogP contribution in [0.25, 0.3) is 10.6 Å². The van der Waals surface area contributed by atoms with Crippen molar-refractivity contribution >= 4 is 33.7 Å². The summed E-state index contributed by atoms with van der Waals surface area (Å²) in [4.78, 5) is 23.3. The number of amides is 1. The molecule has 0 aliphatic heterocycles. The monoisotopic (exact) mass is 343 g/mol. The van der Waals surface area contributed by atoms with Crippen molar-refractivity contribution in [3.05, 3.63) is 51.5 Å². The lowest BCUT2D eigenvalue weighted by atomic mass is 10.2. The highest BCUT2D eigenvalue weighted by molar-refractivity contribution is 7.18. The molecule has 6 heteroatoms. The molecule has 4 nitrogen and oxygen atoms in total. The Morgan fingerprint density at radius 3 is 2.52 bits per heavy atom. The van der Waals surface area contributed by atoms with Gasteiger partial charge in [0, 0.05) is 10.4 Å². The summed E-state index contributed by atoms with van der Waals surface area (Å²) in [5.74, 6) is -0.140. The smallest absolute Gasteiger partial charge is 0.269 e. The van der Waals surface area contributed by atoms with Gasteiger partial charge in [0.15, 0.2) is 5.13 Å². The molecule has 0 aliphatic carbocycles. The van der Waals surface area contributed by atoms with E-state index < -0.39 is 0 Å². The molecule has 0 saturated carbocycles. The molecule has 3 aromatic rings. The van der Waals surface area contributed by atoms with Crippen molar-refractivity contribution in [2.24, 2.45) is 0 Å². The molecule has 118 valence electrons. The average Bonchev–Trinajstić information content (AvgIpc) is 3.11. The van der Waals surface area contributed by atoms with Gasteiger partial charge >= 0.3 is 0 Å². The Morgan fingerprint density at radius 1 is 1.13 bits per heavy atom. The maximum absolute atomic E-state index is 12.5. The number of benzene rings is 1. The van der Waals surface area contributed by atoms with E-state index in [1.165, 1.54) is 22.7 Å². The molecule has 1 aromatic carbocycles. The van der Waals surface area contributed by atoms with Gasteiger partial charge in [-0.15, -0.1) is 22.7 Å². The van der Waals surface area contributed by atoms with E-state index in [-0.39, 0.29) is 5.91 Å². The Hall–Kier alpha value is -2.05. The van der Waals surface area contributed by atoms with Crippen LogP contribution >= 0.6 is 22.7 Å². The number of anilines is 1. The van der Waals surface area contributed by atoms with E-state index in [0.717, 1.165) is 33.3 Å². The molecule has 3 rings (SSSR count). The van der Waals surface area contributed by atoms with E-state index in [2.05, 4.69) is 22.2 Å². The number of hydrogen-bond donors (Lipinski definition) is 1. The molecule has 1 amide bonds. The highest BCUT2D eigenvalue weighted by atomic mass is 32.1. The van der Waals surface area contributed by atoms with Gasteiger partial charge in [-0.1, -0.05) is 37.3 Å². The number of carbonyl (C=O) groups is 1. The van der Waals surface area contributed by atoms with Crippen LogP contribution in [0.4, 0.5) is 5.13 Å². The van der Waals surface area contributed by atoms with Crippen LogP contribution in [0.3, 0.4) is 0 Å². The van der Waals surface area contributed by atoms with E-state index in [4.69, 9.17) is 0 Å². The Balaban J connectivity index is 1.84. The fraction of sp³-hybridized carbons (Fsp3) is 0.235. The third kappa shape index (κ3) is 3.33. The average molecular weight is 343 g/mol. The van der Waals surface area contributed by atoms with Crippen LogP contribution in [0, 0.1) is 13.8 Å². The largest absolute Gasteiger partial charge is 0.297 e. The Morgan fingerprint density at radius 2 is 1.87 bits per heavy atom. The summed E-state index contributed by atoms with van der Waals surface area (Å²) in [5, 5.41) is 4.41. The lowest BCUT2D eigenvalue weighted by Gasteiger charge is -1.98. The van der Waals surface area contributed by atoms with Crippen molar-refractivity contribution in [2.45, 2.75) is 27.2 Å². The molecule has 0 radical (unpaired) electrons. The van der Waals surface area contributed by atoms with Gasteiger partial charge in [-0.3, -0.25) is 10.1 Å². The number of hydrogen-bond acceptors (Lipinski definition) is 5. The van der Waals surface area contributed by atoms with Crippen LogP contribution in [0.15, 0.2) is 30.3 Å².